The molecule has 4 nitrogen and oxygen atoms in total. The lowest BCUT2D eigenvalue weighted by molar-refractivity contribution is 0.0551. The minimum Gasteiger partial charge on any atom is -0.458 e. The van der Waals surface area contributed by atoms with Gasteiger partial charge in [-0.05, 0) is 57.4 Å². The van der Waals surface area contributed by atoms with Gasteiger partial charge in [0.2, 0.25) is 0 Å². The molecule has 4 heteroatoms. The van der Waals surface area contributed by atoms with Crippen LogP contribution in [0, 0.1) is 0 Å². The van der Waals surface area contributed by atoms with Crippen molar-refractivity contribution in [2.24, 2.45) is 0 Å². The molecule has 0 saturated heterocycles. The molecule has 0 aromatic heterocycles. The molecule has 0 atom stereocenters. The first-order valence-electron chi connectivity index (χ1n) is 10.1. The van der Waals surface area contributed by atoms with Gasteiger partial charge in [-0.25, -0.2) is 4.79 Å². The van der Waals surface area contributed by atoms with Gasteiger partial charge in [0.05, 0.1) is 12.2 Å². The van der Waals surface area contributed by atoms with Crippen molar-refractivity contribution in [2.45, 2.75) is 33.6 Å². The lowest BCUT2D eigenvalue weighted by Gasteiger charge is -2.04. The number of hydrogen-bond acceptors (Lipinski definition) is 4. The van der Waals surface area contributed by atoms with Crippen molar-refractivity contribution in [3.63, 3.8) is 0 Å². The average Bonchev–Trinajstić information content (AvgIpc) is 2.72. The number of carbonyl (C=O) groups is 1. The van der Waals surface area contributed by atoms with E-state index in [0.717, 1.165) is 18.4 Å². The molecule has 0 aliphatic heterocycles. The molecule has 0 bridgehead atoms. The Labute approximate surface area is 180 Å². The molecule has 2 rings (SSSR count). The van der Waals surface area contributed by atoms with Gasteiger partial charge in [0, 0.05) is 5.69 Å². The van der Waals surface area contributed by atoms with Crippen molar-refractivity contribution in [3.8, 4) is 0 Å². The third-order valence-corrected chi connectivity index (χ3v) is 4.13. The number of anilines is 1. The Bertz CT molecular complexity index is 848. The maximum atomic E-state index is 11.7. The van der Waals surface area contributed by atoms with E-state index in [1.165, 1.54) is 11.1 Å². The number of allylic oxidation sites excluding steroid dienone is 3. The van der Waals surface area contributed by atoms with Gasteiger partial charge in [-0.3, -0.25) is 0 Å². The summed E-state index contributed by atoms with van der Waals surface area (Å²) in [4.78, 5) is 11.7. The minimum atomic E-state index is -0.407. The highest BCUT2D eigenvalue weighted by molar-refractivity contribution is 5.95. The molecule has 0 unspecified atom stereocenters. The minimum absolute atomic E-state index is 0.167. The van der Waals surface area contributed by atoms with Crippen molar-refractivity contribution in [3.05, 3.63) is 95.1 Å². The van der Waals surface area contributed by atoms with E-state index >= 15 is 0 Å². The van der Waals surface area contributed by atoms with Crippen LogP contribution >= 0.6 is 0 Å². The number of aliphatic hydroxyl groups excluding tert-OH is 1. The number of nitrogen functional groups attached to an aromatic ring is 1. The molecule has 0 spiro atoms. The molecule has 0 radical (unpaired) electrons. The fourth-order valence-electron chi connectivity index (χ4n) is 2.48. The maximum Gasteiger partial charge on any atom is 0.340 e. The predicted octanol–water partition coefficient (Wildman–Crippen LogP) is 5.81. The molecule has 30 heavy (non-hydrogen) atoms. The average molecular weight is 408 g/mol. The number of aliphatic hydroxyl groups is 1. The molecule has 3 N–H and O–H groups in total. The van der Waals surface area contributed by atoms with Gasteiger partial charge in [-0.1, -0.05) is 71.8 Å². The number of benzene rings is 2. The van der Waals surface area contributed by atoms with Crippen LogP contribution in [-0.2, 0) is 4.74 Å². The van der Waals surface area contributed by atoms with Gasteiger partial charge in [0.25, 0.3) is 0 Å². The zero-order valence-electron chi connectivity index (χ0n) is 18.2. The zero-order valence-corrected chi connectivity index (χ0v) is 18.2. The summed E-state index contributed by atoms with van der Waals surface area (Å²) in [5, 5.41) is 8.55. The van der Waals surface area contributed by atoms with Crippen LogP contribution < -0.4 is 5.73 Å². The predicted molar refractivity (Wildman–Crippen MR) is 126 cm³/mol. The first-order chi connectivity index (χ1) is 14.4. The molecule has 160 valence electrons. The second-order valence-corrected chi connectivity index (χ2v) is 7.05. The molecule has 2 aromatic rings. The van der Waals surface area contributed by atoms with Crippen molar-refractivity contribution in [1.82, 2.24) is 0 Å². The number of carbonyl (C=O) groups excluding carboxylic acids is 1. The lowest BCUT2D eigenvalue weighted by Crippen LogP contribution is -2.07. The first-order valence-corrected chi connectivity index (χ1v) is 10.1. The van der Waals surface area contributed by atoms with Gasteiger partial charge >= 0.3 is 5.97 Å². The third kappa shape index (κ3) is 11.0. The van der Waals surface area contributed by atoms with Crippen molar-refractivity contribution in [2.75, 3.05) is 18.9 Å². The summed E-state index contributed by atoms with van der Waals surface area (Å²) < 4.78 is 5.12. The summed E-state index contributed by atoms with van der Waals surface area (Å²) in [5.74, 6) is -0.407. The van der Waals surface area contributed by atoms with E-state index in [0.29, 0.717) is 11.3 Å². The SMILES string of the molecule is CC(C)=CCC/C(C)=C/CO.Nc1ccccc1C(=O)OCC=Cc1ccccc1. The van der Waals surface area contributed by atoms with Gasteiger partial charge in [-0.2, -0.15) is 0 Å². The fraction of sp³-hybridized carbons (Fsp3) is 0.269. The highest BCUT2D eigenvalue weighted by Crippen LogP contribution is 2.11. The Morgan fingerprint density at radius 1 is 1.00 bits per heavy atom. The number of ether oxygens (including phenoxy) is 1. The summed E-state index contributed by atoms with van der Waals surface area (Å²) in [6.45, 7) is 6.65. The standard InChI is InChI=1S/C16H15NO2.C10H18O/c17-15-11-5-4-10-14(15)16(18)19-12-6-9-13-7-2-1-3-8-13;1-9(2)5-4-6-10(3)7-8-11/h1-11H,12,17H2;5,7,11H,4,6,8H2,1-3H3/b;10-7+. The molecule has 0 aliphatic rings. The number of hydrogen-bond donors (Lipinski definition) is 2. The van der Waals surface area contributed by atoms with Crippen LogP contribution in [0.25, 0.3) is 6.08 Å². The first kappa shape index (κ1) is 24.9. The zero-order chi connectivity index (χ0) is 22.2. The van der Waals surface area contributed by atoms with Crippen LogP contribution in [0.5, 0.6) is 0 Å². The lowest BCUT2D eigenvalue weighted by atomic mass is 10.1. The highest BCUT2D eigenvalue weighted by atomic mass is 16.5. The van der Waals surface area contributed by atoms with Gasteiger partial charge in [-0.15, -0.1) is 0 Å². The topological polar surface area (TPSA) is 72.5 Å². The van der Waals surface area contributed by atoms with Gasteiger partial charge in [0.15, 0.2) is 0 Å². The van der Waals surface area contributed by atoms with Gasteiger partial charge < -0.3 is 15.6 Å². The number of esters is 1. The second-order valence-electron chi connectivity index (χ2n) is 7.05. The van der Waals surface area contributed by atoms with Crippen LogP contribution in [0.2, 0.25) is 0 Å². The number of nitrogens with two attached hydrogens (primary N) is 1. The third-order valence-electron chi connectivity index (χ3n) is 4.13. The summed E-state index contributed by atoms with van der Waals surface area (Å²) >= 11 is 0. The summed E-state index contributed by atoms with van der Waals surface area (Å²) in [6, 6.07) is 16.7. The van der Waals surface area contributed by atoms with Crippen LogP contribution in [0.1, 0.15) is 49.5 Å². The number of rotatable bonds is 8. The summed E-state index contributed by atoms with van der Waals surface area (Å²) in [7, 11) is 0. The van der Waals surface area contributed by atoms with Crippen LogP contribution in [0.3, 0.4) is 0 Å². The van der Waals surface area contributed by atoms with E-state index in [2.05, 4.69) is 26.8 Å². The van der Waals surface area contributed by atoms with Crippen molar-refractivity contribution >= 4 is 17.7 Å². The van der Waals surface area contributed by atoms with Crippen molar-refractivity contribution < 1.29 is 14.6 Å². The van der Waals surface area contributed by atoms with E-state index in [4.69, 9.17) is 15.6 Å². The molecular weight excluding hydrogens is 374 g/mol. The van der Waals surface area contributed by atoms with E-state index < -0.39 is 5.97 Å². The maximum absolute atomic E-state index is 11.7. The van der Waals surface area contributed by atoms with E-state index in [1.807, 2.05) is 42.5 Å². The smallest absolute Gasteiger partial charge is 0.340 e. The monoisotopic (exact) mass is 407 g/mol. The van der Waals surface area contributed by atoms with Gasteiger partial charge in [0.1, 0.15) is 6.61 Å². The molecule has 0 heterocycles. The van der Waals surface area contributed by atoms with Crippen LogP contribution in [0.4, 0.5) is 5.69 Å². The Kier molecular flexibility index (Phi) is 12.3. The number of para-hydroxylation sites is 1. The van der Waals surface area contributed by atoms with E-state index in [1.54, 1.807) is 30.3 Å². The van der Waals surface area contributed by atoms with Crippen LogP contribution in [0.15, 0.2) is 84.0 Å². The summed E-state index contributed by atoms with van der Waals surface area (Å²) in [5.41, 5.74) is 10.2. The molecule has 2 aromatic carbocycles. The molecule has 0 amide bonds. The quantitative estimate of drug-likeness (QED) is 0.329. The fourth-order valence-corrected chi connectivity index (χ4v) is 2.48. The highest BCUT2D eigenvalue weighted by Gasteiger charge is 2.08. The van der Waals surface area contributed by atoms with Crippen molar-refractivity contribution in [1.29, 1.82) is 0 Å². The van der Waals surface area contributed by atoms with E-state index in [9.17, 15) is 4.79 Å². The Hall–Kier alpha value is -3.11. The normalized spacial score (nSPS) is 10.9. The second kappa shape index (κ2) is 14.8. The summed E-state index contributed by atoms with van der Waals surface area (Å²) in [6.07, 6.45) is 9.93. The largest absolute Gasteiger partial charge is 0.458 e. The Morgan fingerprint density at radius 3 is 2.30 bits per heavy atom. The Balaban J connectivity index is 0.000000352. The molecule has 0 fully saturated rings. The van der Waals surface area contributed by atoms with Crippen LogP contribution in [-0.4, -0.2) is 24.3 Å². The molecular formula is C26H33NO3. The molecule has 0 aliphatic carbocycles. The Morgan fingerprint density at radius 2 is 1.67 bits per heavy atom. The van der Waals surface area contributed by atoms with E-state index in [-0.39, 0.29) is 13.2 Å². The molecule has 0 saturated carbocycles.